The molecule has 1 N–H and O–H groups in total. The molecule has 0 spiro atoms. The van der Waals surface area contributed by atoms with Crippen LogP contribution in [0.5, 0.6) is 5.75 Å². The van der Waals surface area contributed by atoms with Crippen molar-refractivity contribution in [1.82, 2.24) is 5.32 Å². The first kappa shape index (κ1) is 19.8. The molecule has 26 heavy (non-hydrogen) atoms. The van der Waals surface area contributed by atoms with Gasteiger partial charge in [-0.1, -0.05) is 19.9 Å². The van der Waals surface area contributed by atoms with Crippen molar-refractivity contribution in [2.24, 2.45) is 5.92 Å². The lowest BCUT2D eigenvalue weighted by atomic mass is 9.98. The second-order valence-corrected chi connectivity index (χ2v) is 7.26. The average molecular weight is 358 g/mol. The first-order valence-electron chi connectivity index (χ1n) is 8.86. The lowest BCUT2D eigenvalue weighted by molar-refractivity contribution is -0.150. The second kappa shape index (κ2) is 8.22. The number of rotatable bonds is 8. The van der Waals surface area contributed by atoms with E-state index in [1.807, 2.05) is 25.1 Å². The quantitative estimate of drug-likeness (QED) is 0.722. The summed E-state index contributed by atoms with van der Waals surface area (Å²) in [7, 11) is 0. The Hall–Kier alpha value is -2.55. The number of carbonyl (C=O) groups excluding carboxylic acids is 2. The summed E-state index contributed by atoms with van der Waals surface area (Å²) in [5.74, 6) is 0.0659. The number of benzene rings is 1. The van der Waals surface area contributed by atoms with Gasteiger partial charge in [-0.25, -0.2) is 4.79 Å². The molecule has 1 aliphatic rings. The van der Waals surface area contributed by atoms with E-state index in [1.165, 1.54) is 5.56 Å². The SMILES string of the molecule is Cc1cc(OCC(=O)OCC(=O)N[C@](C)(C#N)C2CC2)ccc1C(C)C. The first-order chi connectivity index (χ1) is 12.2. The number of hydrogen-bond acceptors (Lipinski definition) is 5. The third kappa shape index (κ3) is 5.22. The van der Waals surface area contributed by atoms with Gasteiger partial charge in [0.25, 0.3) is 5.91 Å². The van der Waals surface area contributed by atoms with Gasteiger partial charge >= 0.3 is 5.97 Å². The molecule has 0 radical (unpaired) electrons. The zero-order valence-electron chi connectivity index (χ0n) is 15.8. The van der Waals surface area contributed by atoms with Crippen LogP contribution in [-0.4, -0.2) is 30.6 Å². The molecule has 0 aromatic heterocycles. The molecular weight excluding hydrogens is 332 g/mol. The number of amides is 1. The van der Waals surface area contributed by atoms with Crippen LogP contribution in [0, 0.1) is 24.2 Å². The van der Waals surface area contributed by atoms with Gasteiger partial charge in [-0.15, -0.1) is 0 Å². The summed E-state index contributed by atoms with van der Waals surface area (Å²) in [4.78, 5) is 23.7. The number of hydrogen-bond donors (Lipinski definition) is 1. The van der Waals surface area contributed by atoms with Gasteiger partial charge in [0.15, 0.2) is 13.2 Å². The average Bonchev–Trinajstić information content (AvgIpc) is 3.43. The molecule has 1 amide bonds. The van der Waals surface area contributed by atoms with Crippen LogP contribution in [0.4, 0.5) is 0 Å². The fourth-order valence-corrected chi connectivity index (χ4v) is 2.92. The van der Waals surface area contributed by atoms with Crippen LogP contribution in [0.15, 0.2) is 18.2 Å². The number of nitrogens with zero attached hydrogens (tertiary/aromatic N) is 1. The summed E-state index contributed by atoms with van der Waals surface area (Å²) in [6.45, 7) is 7.23. The molecule has 1 aliphatic carbocycles. The predicted molar refractivity (Wildman–Crippen MR) is 96.6 cm³/mol. The van der Waals surface area contributed by atoms with Gasteiger partial charge in [-0.3, -0.25) is 4.79 Å². The molecule has 6 heteroatoms. The molecule has 1 aromatic carbocycles. The molecular formula is C20H26N2O4. The lowest BCUT2D eigenvalue weighted by Gasteiger charge is -2.22. The molecule has 2 rings (SSSR count). The molecule has 0 aliphatic heterocycles. The van der Waals surface area contributed by atoms with Crippen molar-refractivity contribution >= 4 is 11.9 Å². The molecule has 1 aromatic rings. The van der Waals surface area contributed by atoms with Crippen molar-refractivity contribution < 1.29 is 19.1 Å². The Morgan fingerprint density at radius 1 is 1.35 bits per heavy atom. The Kier molecular flexibility index (Phi) is 6.25. The van der Waals surface area contributed by atoms with E-state index in [0.717, 1.165) is 18.4 Å². The van der Waals surface area contributed by atoms with Crippen molar-refractivity contribution in [3.63, 3.8) is 0 Å². The van der Waals surface area contributed by atoms with Gasteiger partial charge < -0.3 is 14.8 Å². The zero-order valence-corrected chi connectivity index (χ0v) is 15.8. The van der Waals surface area contributed by atoms with Crippen LogP contribution in [0.3, 0.4) is 0 Å². The standard InChI is InChI=1S/C20H26N2O4/c1-13(2)17-8-7-16(9-14(17)3)25-11-19(24)26-10-18(23)22-20(4,12-21)15-5-6-15/h7-9,13,15H,5-6,10-11H2,1-4H3,(H,22,23)/t20-/m1/s1. The highest BCUT2D eigenvalue weighted by Gasteiger charge is 2.43. The van der Waals surface area contributed by atoms with E-state index in [1.54, 1.807) is 6.92 Å². The molecule has 0 bridgehead atoms. The number of carbonyl (C=O) groups is 2. The van der Waals surface area contributed by atoms with Gasteiger partial charge in [-0.05, 0) is 61.8 Å². The molecule has 0 heterocycles. The Labute approximate surface area is 154 Å². The summed E-state index contributed by atoms with van der Waals surface area (Å²) in [5, 5.41) is 11.9. The van der Waals surface area contributed by atoms with Gasteiger partial charge in [0.2, 0.25) is 0 Å². The number of esters is 1. The third-order valence-corrected chi connectivity index (χ3v) is 4.61. The number of aryl methyl sites for hydroxylation is 1. The number of ether oxygens (including phenoxy) is 2. The minimum atomic E-state index is -0.893. The topological polar surface area (TPSA) is 88.4 Å². The molecule has 6 nitrogen and oxygen atoms in total. The van der Waals surface area contributed by atoms with Crippen LogP contribution in [0.1, 0.15) is 50.7 Å². The molecule has 1 saturated carbocycles. The summed E-state index contributed by atoms with van der Waals surface area (Å²) in [6, 6.07) is 7.80. The van der Waals surface area contributed by atoms with E-state index in [-0.39, 0.29) is 12.5 Å². The largest absolute Gasteiger partial charge is 0.482 e. The van der Waals surface area contributed by atoms with Crippen molar-refractivity contribution in [2.75, 3.05) is 13.2 Å². The molecule has 1 fully saturated rings. The summed E-state index contributed by atoms with van der Waals surface area (Å²) >= 11 is 0. The summed E-state index contributed by atoms with van der Waals surface area (Å²) in [6.07, 6.45) is 1.85. The minimum absolute atomic E-state index is 0.174. The molecule has 0 saturated heterocycles. The lowest BCUT2D eigenvalue weighted by Crippen LogP contribution is -2.48. The first-order valence-corrected chi connectivity index (χ1v) is 8.86. The maximum atomic E-state index is 11.9. The monoisotopic (exact) mass is 358 g/mol. The van der Waals surface area contributed by atoms with Crippen LogP contribution < -0.4 is 10.1 Å². The fourth-order valence-electron chi connectivity index (χ4n) is 2.92. The zero-order chi connectivity index (χ0) is 19.3. The summed E-state index contributed by atoms with van der Waals surface area (Å²) in [5.41, 5.74) is 1.43. The van der Waals surface area contributed by atoms with E-state index >= 15 is 0 Å². The smallest absolute Gasteiger partial charge is 0.344 e. The van der Waals surface area contributed by atoms with Crippen LogP contribution in [0.25, 0.3) is 0 Å². The Bertz CT molecular complexity index is 719. The van der Waals surface area contributed by atoms with Gasteiger partial charge in [-0.2, -0.15) is 5.26 Å². The highest BCUT2D eigenvalue weighted by atomic mass is 16.6. The van der Waals surface area contributed by atoms with Crippen molar-refractivity contribution in [3.8, 4) is 11.8 Å². The third-order valence-electron chi connectivity index (χ3n) is 4.61. The molecule has 140 valence electrons. The van der Waals surface area contributed by atoms with E-state index in [0.29, 0.717) is 11.7 Å². The maximum Gasteiger partial charge on any atom is 0.344 e. The molecule has 0 unspecified atom stereocenters. The van der Waals surface area contributed by atoms with Crippen LogP contribution >= 0.6 is 0 Å². The minimum Gasteiger partial charge on any atom is -0.482 e. The Morgan fingerprint density at radius 2 is 2.04 bits per heavy atom. The number of nitrogens with one attached hydrogen (secondary N) is 1. The van der Waals surface area contributed by atoms with E-state index in [4.69, 9.17) is 9.47 Å². The fraction of sp³-hybridized carbons (Fsp3) is 0.550. The predicted octanol–water partition coefficient (Wildman–Crippen LogP) is 2.85. The van der Waals surface area contributed by atoms with Gasteiger partial charge in [0, 0.05) is 0 Å². The van der Waals surface area contributed by atoms with Crippen LogP contribution in [0.2, 0.25) is 0 Å². The second-order valence-electron chi connectivity index (χ2n) is 7.26. The molecule has 1 atom stereocenters. The normalized spacial score (nSPS) is 15.7. The van der Waals surface area contributed by atoms with E-state index in [2.05, 4.69) is 25.2 Å². The van der Waals surface area contributed by atoms with Gasteiger partial charge in [0.05, 0.1) is 6.07 Å². The number of nitriles is 1. The van der Waals surface area contributed by atoms with Crippen molar-refractivity contribution in [3.05, 3.63) is 29.3 Å². The Balaban J connectivity index is 1.76. The van der Waals surface area contributed by atoms with Gasteiger partial charge in [0.1, 0.15) is 11.3 Å². The van der Waals surface area contributed by atoms with Crippen molar-refractivity contribution in [1.29, 1.82) is 5.26 Å². The van der Waals surface area contributed by atoms with E-state index in [9.17, 15) is 14.9 Å². The van der Waals surface area contributed by atoms with E-state index < -0.39 is 24.0 Å². The maximum absolute atomic E-state index is 11.9. The Morgan fingerprint density at radius 3 is 2.58 bits per heavy atom. The van der Waals surface area contributed by atoms with Crippen LogP contribution in [-0.2, 0) is 14.3 Å². The summed E-state index contributed by atoms with van der Waals surface area (Å²) < 4.78 is 10.4. The van der Waals surface area contributed by atoms with Crippen molar-refractivity contribution in [2.45, 2.75) is 52.0 Å². The highest BCUT2D eigenvalue weighted by molar-refractivity contribution is 5.81. The highest BCUT2D eigenvalue weighted by Crippen LogP contribution is 2.39.